The molecule has 0 fully saturated rings. The normalized spacial score (nSPS) is 13.1. The third-order valence-electron chi connectivity index (χ3n) is 5.46. The van der Waals surface area contributed by atoms with Crippen LogP contribution in [-0.4, -0.2) is 60.2 Å². The van der Waals surface area contributed by atoms with Crippen molar-refractivity contribution in [3.05, 3.63) is 0 Å². The molecule has 0 aliphatic heterocycles. The Morgan fingerprint density at radius 2 is 1.37 bits per heavy atom. The molecule has 7 heteroatoms. The van der Waals surface area contributed by atoms with Crippen molar-refractivity contribution in [1.82, 2.24) is 9.80 Å². The Hall–Kier alpha value is -0.630. The van der Waals surface area contributed by atoms with Gasteiger partial charge in [-0.3, -0.25) is 0 Å². The number of carbonyl (C=O) groups is 1. The van der Waals surface area contributed by atoms with Gasteiger partial charge in [-0.25, -0.2) is 0 Å². The highest BCUT2D eigenvalue weighted by Crippen LogP contribution is 2.10. The first-order valence-corrected chi connectivity index (χ1v) is 13.2. The second kappa shape index (κ2) is 21.6. The third kappa shape index (κ3) is 19.3. The van der Waals surface area contributed by atoms with Gasteiger partial charge in [-0.05, 0) is 56.1 Å². The maximum Gasteiger partial charge on any atom is 0.190 e. The van der Waals surface area contributed by atoms with Gasteiger partial charge < -0.3 is 19.1 Å². The van der Waals surface area contributed by atoms with Crippen molar-refractivity contribution in [3.63, 3.8) is 0 Å². The summed E-state index contributed by atoms with van der Waals surface area (Å²) in [5.74, 6) is 0.814. The minimum absolute atomic E-state index is 0.708. The molecular weight excluding hydrogens is 396 g/mol. The average Bonchev–Trinajstić information content (AvgIpc) is 2.70. The van der Waals surface area contributed by atoms with Crippen LogP contribution in [0.15, 0.2) is 4.40 Å². The second-order valence-electron chi connectivity index (χ2n) is 8.47. The van der Waals surface area contributed by atoms with Crippen LogP contribution in [0, 0.1) is 0 Å². The van der Waals surface area contributed by atoms with E-state index in [2.05, 4.69) is 16.2 Å². The number of nitrogens with two attached hydrogens (primary N) is 1. The Kier molecular flexibility index (Phi) is 21.1. The molecule has 0 heterocycles. The summed E-state index contributed by atoms with van der Waals surface area (Å²) in [5.41, 5.74) is 0. The predicted octanol–water partition coefficient (Wildman–Crippen LogP) is 4.86. The van der Waals surface area contributed by atoms with Gasteiger partial charge in [0.25, 0.3) is 0 Å². The fraction of sp³-hybridized carbons (Fsp3) is 0.913. The average molecular weight is 445 g/mol. The number of amidine groups is 1. The molecule has 0 saturated carbocycles. The van der Waals surface area contributed by atoms with Crippen LogP contribution < -0.4 is 5.14 Å². The summed E-state index contributed by atoms with van der Waals surface area (Å²) in [6, 6.07) is 0. The maximum absolute atomic E-state index is 11.2. The first-order valence-electron chi connectivity index (χ1n) is 12.1. The highest BCUT2D eigenvalue weighted by Gasteiger charge is 2.09. The summed E-state index contributed by atoms with van der Waals surface area (Å²) in [7, 11) is 3.84. The van der Waals surface area contributed by atoms with E-state index in [1.807, 2.05) is 19.0 Å². The van der Waals surface area contributed by atoms with E-state index in [1.54, 1.807) is 0 Å². The van der Waals surface area contributed by atoms with Gasteiger partial charge in [0.1, 0.15) is 6.29 Å². The molecule has 0 saturated heterocycles. The van der Waals surface area contributed by atoms with E-state index in [0.29, 0.717) is 6.42 Å². The maximum atomic E-state index is 11.2. The van der Waals surface area contributed by atoms with E-state index >= 15 is 0 Å². The minimum Gasteiger partial charge on any atom is -0.572 e. The van der Waals surface area contributed by atoms with E-state index in [4.69, 9.17) is 5.14 Å². The lowest BCUT2D eigenvalue weighted by Gasteiger charge is -2.23. The lowest BCUT2D eigenvalue weighted by Crippen LogP contribution is -2.28. The summed E-state index contributed by atoms with van der Waals surface area (Å²) in [6.07, 6.45) is 18.7. The predicted molar refractivity (Wildman–Crippen MR) is 131 cm³/mol. The second-order valence-corrected chi connectivity index (χ2v) is 9.20. The Morgan fingerprint density at radius 3 is 1.87 bits per heavy atom. The summed E-state index contributed by atoms with van der Waals surface area (Å²) in [4.78, 5) is 14.9. The Labute approximate surface area is 189 Å². The number of aldehydes is 1. The van der Waals surface area contributed by atoms with E-state index in [1.165, 1.54) is 77.3 Å². The van der Waals surface area contributed by atoms with Crippen LogP contribution in [0.2, 0.25) is 0 Å². The van der Waals surface area contributed by atoms with Crippen LogP contribution in [0.3, 0.4) is 0 Å². The van der Waals surface area contributed by atoms with Gasteiger partial charge in [-0.1, -0.05) is 58.3 Å². The van der Waals surface area contributed by atoms with Crippen LogP contribution in [0.5, 0.6) is 0 Å². The zero-order valence-corrected chi connectivity index (χ0v) is 20.8. The standard InChI is InChI=1S/C23H48N4O2S/c1-4-5-6-7-10-14-19-27(20-15-11-8-9-12-17-22-28)21-16-13-18-23(26(2)3)25-30(24)29/h22H,4-21,24H2,1-3H3. The van der Waals surface area contributed by atoms with Gasteiger partial charge in [0.05, 0.1) is 0 Å². The molecule has 0 spiro atoms. The number of rotatable bonds is 21. The Morgan fingerprint density at radius 1 is 0.867 bits per heavy atom. The summed E-state index contributed by atoms with van der Waals surface area (Å²) >= 11 is -1.63. The number of hydrogen-bond donors (Lipinski definition) is 1. The molecule has 0 aliphatic rings. The molecule has 1 unspecified atom stereocenters. The van der Waals surface area contributed by atoms with Crippen LogP contribution in [0.1, 0.15) is 103 Å². The van der Waals surface area contributed by atoms with Crippen LogP contribution >= 0.6 is 0 Å². The first kappa shape index (κ1) is 29.4. The Balaban J connectivity index is 4.20. The van der Waals surface area contributed by atoms with Gasteiger partial charge in [-0.2, -0.15) is 0 Å². The van der Waals surface area contributed by atoms with Crippen molar-refractivity contribution < 1.29 is 9.35 Å². The van der Waals surface area contributed by atoms with Crippen LogP contribution in [-0.2, 0) is 16.3 Å². The zero-order valence-electron chi connectivity index (χ0n) is 19.9. The monoisotopic (exact) mass is 444 g/mol. The largest absolute Gasteiger partial charge is 0.572 e. The minimum atomic E-state index is -1.63. The molecule has 0 aromatic carbocycles. The highest BCUT2D eigenvalue weighted by atomic mass is 32.2. The molecule has 6 nitrogen and oxygen atoms in total. The molecule has 0 aromatic rings. The van der Waals surface area contributed by atoms with Crippen molar-refractivity contribution in [1.29, 1.82) is 0 Å². The van der Waals surface area contributed by atoms with Crippen LogP contribution in [0.4, 0.5) is 0 Å². The number of unbranched alkanes of at least 4 members (excludes halogenated alkanes) is 11. The third-order valence-corrected chi connectivity index (χ3v) is 5.85. The van der Waals surface area contributed by atoms with Crippen molar-refractivity contribution >= 4 is 23.7 Å². The Bertz CT molecular complexity index is 420. The molecule has 0 aromatic heterocycles. The SMILES string of the molecule is CCCCCCCCN(CCCCCCCC=O)CCCCC(=N[S+](N)[O-])N(C)C. The molecule has 30 heavy (non-hydrogen) atoms. The lowest BCUT2D eigenvalue weighted by atomic mass is 10.1. The smallest absolute Gasteiger partial charge is 0.190 e. The van der Waals surface area contributed by atoms with Crippen molar-refractivity contribution in [2.24, 2.45) is 9.54 Å². The summed E-state index contributed by atoms with van der Waals surface area (Å²) in [5, 5.41) is 5.32. The van der Waals surface area contributed by atoms with E-state index in [0.717, 1.165) is 44.3 Å². The molecule has 0 aliphatic carbocycles. The molecule has 0 radical (unpaired) electrons. The fourth-order valence-corrected chi connectivity index (χ4v) is 4.08. The molecular formula is C23H48N4O2S. The van der Waals surface area contributed by atoms with Gasteiger partial charge in [0.2, 0.25) is 0 Å². The van der Waals surface area contributed by atoms with Gasteiger partial charge >= 0.3 is 0 Å². The van der Waals surface area contributed by atoms with Gasteiger partial charge in [0.15, 0.2) is 17.4 Å². The lowest BCUT2D eigenvalue weighted by molar-refractivity contribution is -0.107. The van der Waals surface area contributed by atoms with Crippen molar-refractivity contribution in [2.75, 3.05) is 33.7 Å². The number of hydrogen-bond acceptors (Lipinski definition) is 5. The molecule has 0 bridgehead atoms. The van der Waals surface area contributed by atoms with E-state index in [9.17, 15) is 9.35 Å². The summed E-state index contributed by atoms with van der Waals surface area (Å²) < 4.78 is 15.2. The van der Waals surface area contributed by atoms with Crippen LogP contribution in [0.25, 0.3) is 0 Å². The molecule has 1 atom stereocenters. The van der Waals surface area contributed by atoms with Gasteiger partial charge in [0, 0.05) is 26.9 Å². The van der Waals surface area contributed by atoms with Gasteiger partial charge in [-0.15, -0.1) is 5.14 Å². The molecule has 2 N–H and O–H groups in total. The van der Waals surface area contributed by atoms with Crippen molar-refractivity contribution in [2.45, 2.75) is 103 Å². The molecule has 0 amide bonds. The quantitative estimate of drug-likeness (QED) is 0.0898. The molecule has 178 valence electrons. The zero-order chi connectivity index (χ0) is 22.5. The molecule has 0 rings (SSSR count). The highest BCUT2D eigenvalue weighted by molar-refractivity contribution is 7.88. The first-order chi connectivity index (χ1) is 14.5. The number of nitrogens with zero attached hydrogens (tertiary/aromatic N) is 3. The fourth-order valence-electron chi connectivity index (χ4n) is 3.62. The number of carbonyl (C=O) groups excluding carboxylic acids is 1. The van der Waals surface area contributed by atoms with E-state index < -0.39 is 11.5 Å². The summed E-state index contributed by atoms with van der Waals surface area (Å²) in [6.45, 7) is 5.74. The van der Waals surface area contributed by atoms with E-state index in [-0.39, 0.29) is 0 Å². The topological polar surface area (TPSA) is 85.0 Å². The van der Waals surface area contributed by atoms with Crippen molar-refractivity contribution in [3.8, 4) is 0 Å².